The SMILES string of the molecule is CCCCCCCCCCCCCCCCCCC/C=C/OC(=O)c1cccc(S(=O)(=O)[O-])c1C(=O)O/C=C/CCCCCCCCCCCCCCCCCCC.[Na+]. The molecule has 0 saturated heterocycles. The number of esters is 2. The molecule has 59 heavy (non-hydrogen) atoms. The van der Waals surface area contributed by atoms with Crippen LogP contribution in [0.4, 0.5) is 0 Å². The Bertz CT molecular complexity index is 1310. The number of unbranched alkanes of at least 4 members (excludes halogenated alkanes) is 34. The third kappa shape index (κ3) is 33.8. The largest absolute Gasteiger partial charge is 1.00 e. The number of hydrogen-bond acceptors (Lipinski definition) is 7. The second-order valence-electron chi connectivity index (χ2n) is 16.6. The maximum absolute atomic E-state index is 13.0. The Labute approximate surface area is 385 Å². The monoisotopic (exact) mass is 853 g/mol. The minimum absolute atomic E-state index is 0. The van der Waals surface area contributed by atoms with Crippen LogP contribution < -0.4 is 29.6 Å². The van der Waals surface area contributed by atoms with E-state index in [0.29, 0.717) is 6.42 Å². The molecule has 0 amide bonds. The maximum atomic E-state index is 13.0. The molecule has 0 N–H and O–H groups in total. The van der Waals surface area contributed by atoms with Crippen molar-refractivity contribution >= 4 is 22.1 Å². The average molecular weight is 853 g/mol. The summed E-state index contributed by atoms with van der Waals surface area (Å²) in [6, 6.07) is 3.51. The predicted octanol–water partition coefficient (Wildman–Crippen LogP) is 13.0. The number of ether oxygens (including phenoxy) is 2. The number of hydrogen-bond donors (Lipinski definition) is 0. The molecule has 0 bridgehead atoms. The van der Waals surface area contributed by atoms with Gasteiger partial charge in [-0.05, 0) is 50.0 Å². The van der Waals surface area contributed by atoms with Gasteiger partial charge in [0, 0.05) is 0 Å². The number of carbonyl (C=O) groups excluding carboxylic acids is 2. The van der Waals surface area contributed by atoms with Crippen molar-refractivity contribution in [1.29, 1.82) is 0 Å². The summed E-state index contributed by atoms with van der Waals surface area (Å²) in [4.78, 5) is 25.1. The number of carbonyl (C=O) groups is 2. The zero-order chi connectivity index (χ0) is 42.2. The molecule has 1 aromatic carbocycles. The molecule has 9 heteroatoms. The molecule has 7 nitrogen and oxygen atoms in total. The van der Waals surface area contributed by atoms with Crippen LogP contribution in [0, 0.1) is 0 Å². The Morgan fingerprint density at radius 2 is 0.763 bits per heavy atom. The van der Waals surface area contributed by atoms with E-state index >= 15 is 0 Å². The fourth-order valence-electron chi connectivity index (χ4n) is 7.57. The van der Waals surface area contributed by atoms with Crippen molar-refractivity contribution in [2.24, 2.45) is 0 Å². The first-order chi connectivity index (χ1) is 28.3. The predicted molar refractivity (Wildman–Crippen MR) is 241 cm³/mol. The molecule has 0 aliphatic heterocycles. The summed E-state index contributed by atoms with van der Waals surface area (Å²) >= 11 is 0. The van der Waals surface area contributed by atoms with Gasteiger partial charge in [0.2, 0.25) is 0 Å². The van der Waals surface area contributed by atoms with Crippen LogP contribution in [0.25, 0.3) is 0 Å². The van der Waals surface area contributed by atoms with Crippen LogP contribution in [0.15, 0.2) is 47.8 Å². The molecule has 0 radical (unpaired) electrons. The van der Waals surface area contributed by atoms with E-state index in [1.807, 2.05) is 0 Å². The molecule has 0 aliphatic carbocycles. The van der Waals surface area contributed by atoms with E-state index in [9.17, 15) is 22.6 Å². The minimum atomic E-state index is -5.05. The molecule has 0 spiro atoms. The Morgan fingerprint density at radius 3 is 1.07 bits per heavy atom. The summed E-state index contributed by atoms with van der Waals surface area (Å²) in [5.41, 5.74) is -0.933. The number of benzene rings is 1. The van der Waals surface area contributed by atoms with Crippen LogP contribution in [0.3, 0.4) is 0 Å². The molecule has 0 atom stereocenters. The molecule has 1 aromatic rings. The molecule has 0 heterocycles. The van der Waals surface area contributed by atoms with Gasteiger partial charge in [0.05, 0.1) is 28.5 Å². The molecular weight excluding hydrogens is 768 g/mol. The molecule has 334 valence electrons. The van der Waals surface area contributed by atoms with E-state index in [0.717, 1.165) is 38.2 Å². The summed E-state index contributed by atoms with van der Waals surface area (Å²) in [5.74, 6) is -2.02. The summed E-state index contributed by atoms with van der Waals surface area (Å²) in [5, 5.41) is 0. The van der Waals surface area contributed by atoms with E-state index in [4.69, 9.17) is 9.47 Å². The fourth-order valence-corrected chi connectivity index (χ4v) is 8.26. The second kappa shape index (κ2) is 41.9. The summed E-state index contributed by atoms with van der Waals surface area (Å²) in [6.07, 6.45) is 51.7. The van der Waals surface area contributed by atoms with E-state index in [2.05, 4.69) is 13.8 Å². The van der Waals surface area contributed by atoms with Gasteiger partial charge >= 0.3 is 41.5 Å². The van der Waals surface area contributed by atoms with Gasteiger partial charge in [-0.3, -0.25) is 0 Å². The summed E-state index contributed by atoms with van der Waals surface area (Å²) in [6.45, 7) is 4.53. The van der Waals surface area contributed by atoms with E-state index in [1.54, 1.807) is 12.2 Å². The van der Waals surface area contributed by atoms with Gasteiger partial charge in [-0.1, -0.05) is 225 Å². The van der Waals surface area contributed by atoms with Crippen molar-refractivity contribution in [3.63, 3.8) is 0 Å². The van der Waals surface area contributed by atoms with Crippen molar-refractivity contribution in [2.45, 2.75) is 250 Å². The average Bonchev–Trinajstić information content (AvgIpc) is 3.21. The molecule has 0 fully saturated rings. The first-order valence-corrected chi connectivity index (χ1v) is 25.5. The minimum Gasteiger partial charge on any atom is -0.744 e. The van der Waals surface area contributed by atoms with E-state index < -0.39 is 32.5 Å². The molecule has 0 saturated carbocycles. The van der Waals surface area contributed by atoms with Gasteiger partial charge in [-0.2, -0.15) is 0 Å². The molecule has 1 rings (SSSR count). The van der Waals surface area contributed by atoms with E-state index in [1.165, 1.54) is 217 Å². The van der Waals surface area contributed by atoms with Crippen molar-refractivity contribution in [2.75, 3.05) is 0 Å². The zero-order valence-electron chi connectivity index (χ0n) is 38.3. The Morgan fingerprint density at radius 1 is 0.475 bits per heavy atom. The van der Waals surface area contributed by atoms with Crippen molar-refractivity contribution in [3.05, 3.63) is 54.0 Å². The quantitative estimate of drug-likeness (QED) is 0.0212. The Kier molecular flexibility index (Phi) is 40.9. The summed E-state index contributed by atoms with van der Waals surface area (Å²) in [7, 11) is -5.05. The third-order valence-corrected chi connectivity index (χ3v) is 12.1. The zero-order valence-corrected chi connectivity index (χ0v) is 41.1. The van der Waals surface area contributed by atoms with Crippen LogP contribution in [-0.2, 0) is 19.6 Å². The van der Waals surface area contributed by atoms with Crippen LogP contribution >= 0.6 is 0 Å². The normalized spacial score (nSPS) is 11.7. The van der Waals surface area contributed by atoms with Gasteiger partial charge < -0.3 is 14.0 Å². The second-order valence-corrected chi connectivity index (χ2v) is 17.9. The third-order valence-electron chi connectivity index (χ3n) is 11.2. The van der Waals surface area contributed by atoms with Crippen LogP contribution in [0.1, 0.15) is 266 Å². The van der Waals surface area contributed by atoms with Gasteiger partial charge in [-0.15, -0.1) is 0 Å². The molecule has 0 aliphatic rings. The van der Waals surface area contributed by atoms with Crippen molar-refractivity contribution < 1.29 is 61.6 Å². The smallest absolute Gasteiger partial charge is 0.744 e. The Hall–Kier alpha value is -1.45. The molecule has 0 unspecified atom stereocenters. The first kappa shape index (κ1) is 57.5. The maximum Gasteiger partial charge on any atom is 1.00 e. The standard InChI is InChI=1S/C50H86O7S.Na/c1-3-5-7-9-11-13-15-17-19-21-23-25-27-29-31-33-35-37-39-44-56-49(51)46-42-41-43-47(58(53,54)55)48(46)50(52)57-45-40-38-36-34-32-30-28-26-24-22-20-18-16-14-12-10-8-6-4-2;/h39-45H,3-38H2,1-2H3,(H,53,54,55);/q;+1/p-1/b44-39+,45-40+;. The van der Waals surface area contributed by atoms with Gasteiger partial charge in [0.15, 0.2) is 0 Å². The van der Waals surface area contributed by atoms with E-state index in [-0.39, 0.29) is 35.1 Å². The summed E-state index contributed by atoms with van der Waals surface area (Å²) < 4.78 is 46.4. The number of allylic oxidation sites excluding steroid dienone is 2. The molecule has 0 aromatic heterocycles. The first-order valence-electron chi connectivity index (χ1n) is 24.1. The molecular formula is C50H85NaO7S. The Balaban J connectivity index is 0.0000336. The van der Waals surface area contributed by atoms with Gasteiger partial charge in [0.1, 0.15) is 10.1 Å². The van der Waals surface area contributed by atoms with Crippen LogP contribution in [0.2, 0.25) is 0 Å². The van der Waals surface area contributed by atoms with Gasteiger partial charge in [-0.25, -0.2) is 18.0 Å². The van der Waals surface area contributed by atoms with Crippen molar-refractivity contribution in [3.8, 4) is 0 Å². The van der Waals surface area contributed by atoms with Gasteiger partial charge in [0.25, 0.3) is 0 Å². The van der Waals surface area contributed by atoms with Crippen molar-refractivity contribution in [1.82, 2.24) is 0 Å². The van der Waals surface area contributed by atoms with Crippen LogP contribution in [0.5, 0.6) is 0 Å². The number of rotatable bonds is 41. The fraction of sp³-hybridized carbons (Fsp3) is 0.760. The van der Waals surface area contributed by atoms with Crippen LogP contribution in [-0.4, -0.2) is 24.9 Å². The topological polar surface area (TPSA) is 110 Å².